The molecule has 0 radical (unpaired) electrons. The number of carboxylic acid groups (broad SMARTS) is 1. The van der Waals surface area contributed by atoms with Gasteiger partial charge in [-0.3, -0.25) is 9.59 Å². The van der Waals surface area contributed by atoms with E-state index in [4.69, 9.17) is 10.8 Å². The molecular weight excluding hydrogens is 310 g/mol. The Balaban J connectivity index is 3.15. The van der Waals surface area contributed by atoms with Gasteiger partial charge in [-0.2, -0.15) is 4.72 Å². The summed E-state index contributed by atoms with van der Waals surface area (Å²) in [6, 6.07) is 2.81. The number of benzene rings is 1. The largest absolute Gasteiger partial charge is 0.480 e. The SMILES string of the molecule is Cc1ccc(S(=O)(=O)N[C@H](CC(N)=O)C(=O)O)cc1N(C)C. The molecular formula is C13H19N3O5S. The fourth-order valence-electron chi connectivity index (χ4n) is 1.87. The van der Waals surface area contributed by atoms with Crippen LogP contribution in [0, 0.1) is 6.92 Å². The van der Waals surface area contributed by atoms with Gasteiger partial charge in [0, 0.05) is 19.8 Å². The van der Waals surface area contributed by atoms with Crippen molar-refractivity contribution < 1.29 is 23.1 Å². The molecule has 1 atom stereocenters. The third-order valence-corrected chi connectivity index (χ3v) is 4.44. The normalized spacial score (nSPS) is 12.7. The van der Waals surface area contributed by atoms with E-state index in [1.54, 1.807) is 25.1 Å². The smallest absolute Gasteiger partial charge is 0.322 e. The number of hydrogen-bond acceptors (Lipinski definition) is 5. The summed E-state index contributed by atoms with van der Waals surface area (Å²) in [6.45, 7) is 1.83. The maximum atomic E-state index is 12.3. The Morgan fingerprint density at radius 2 is 1.95 bits per heavy atom. The maximum Gasteiger partial charge on any atom is 0.322 e. The van der Waals surface area contributed by atoms with Crippen molar-refractivity contribution in [3.8, 4) is 0 Å². The number of carbonyl (C=O) groups excluding carboxylic acids is 1. The molecule has 9 heteroatoms. The van der Waals surface area contributed by atoms with Gasteiger partial charge < -0.3 is 15.7 Å². The van der Waals surface area contributed by atoms with Crippen molar-refractivity contribution in [1.29, 1.82) is 0 Å². The average molecular weight is 329 g/mol. The molecule has 0 saturated carbocycles. The zero-order valence-corrected chi connectivity index (χ0v) is 13.3. The summed E-state index contributed by atoms with van der Waals surface area (Å²) in [5.74, 6) is -2.38. The first-order valence-electron chi connectivity index (χ1n) is 6.36. The summed E-state index contributed by atoms with van der Waals surface area (Å²) in [4.78, 5) is 23.5. The van der Waals surface area contributed by atoms with Crippen molar-refractivity contribution >= 4 is 27.6 Å². The fourth-order valence-corrected chi connectivity index (χ4v) is 3.08. The van der Waals surface area contributed by atoms with Gasteiger partial charge >= 0.3 is 5.97 Å². The average Bonchev–Trinajstić information content (AvgIpc) is 2.36. The molecule has 0 aliphatic heterocycles. The third kappa shape index (κ3) is 4.43. The molecule has 122 valence electrons. The lowest BCUT2D eigenvalue weighted by Crippen LogP contribution is -2.43. The Morgan fingerprint density at radius 3 is 2.41 bits per heavy atom. The Bertz CT molecular complexity index is 685. The third-order valence-electron chi connectivity index (χ3n) is 2.97. The van der Waals surface area contributed by atoms with Crippen molar-refractivity contribution in [2.75, 3.05) is 19.0 Å². The lowest BCUT2D eigenvalue weighted by Gasteiger charge is -2.18. The Kier molecular flexibility index (Phi) is 5.50. The van der Waals surface area contributed by atoms with Crippen LogP contribution in [0.5, 0.6) is 0 Å². The van der Waals surface area contributed by atoms with Crippen LogP contribution in [-0.4, -0.2) is 45.5 Å². The summed E-state index contributed by atoms with van der Waals surface area (Å²) in [5.41, 5.74) is 6.48. The van der Waals surface area contributed by atoms with Gasteiger partial charge in [0.05, 0.1) is 11.3 Å². The number of sulfonamides is 1. The molecule has 0 fully saturated rings. The molecule has 0 bridgehead atoms. The molecule has 4 N–H and O–H groups in total. The van der Waals surface area contributed by atoms with E-state index in [-0.39, 0.29) is 4.90 Å². The highest BCUT2D eigenvalue weighted by Gasteiger charge is 2.27. The first-order valence-corrected chi connectivity index (χ1v) is 7.84. The molecule has 0 aliphatic rings. The van der Waals surface area contributed by atoms with Crippen molar-refractivity contribution in [2.45, 2.75) is 24.3 Å². The highest BCUT2D eigenvalue weighted by molar-refractivity contribution is 7.89. The Labute approximate surface area is 129 Å². The zero-order chi connectivity index (χ0) is 17.1. The van der Waals surface area contributed by atoms with Gasteiger partial charge in [0.2, 0.25) is 15.9 Å². The second-order valence-corrected chi connectivity index (χ2v) is 6.74. The van der Waals surface area contributed by atoms with E-state index in [1.807, 2.05) is 11.6 Å². The summed E-state index contributed by atoms with van der Waals surface area (Å²) in [7, 11) is -0.562. The van der Waals surface area contributed by atoms with Crippen LogP contribution >= 0.6 is 0 Å². The van der Waals surface area contributed by atoms with E-state index >= 15 is 0 Å². The van der Waals surface area contributed by atoms with Gasteiger partial charge in [0.15, 0.2) is 0 Å². The van der Waals surface area contributed by atoms with Crippen LogP contribution in [0.4, 0.5) is 5.69 Å². The fraction of sp³-hybridized carbons (Fsp3) is 0.385. The van der Waals surface area contributed by atoms with Gasteiger partial charge in [0.1, 0.15) is 6.04 Å². The maximum absolute atomic E-state index is 12.3. The van der Waals surface area contributed by atoms with Gasteiger partial charge in [-0.25, -0.2) is 8.42 Å². The molecule has 1 amide bonds. The molecule has 0 aliphatic carbocycles. The van der Waals surface area contributed by atoms with Crippen molar-refractivity contribution in [3.63, 3.8) is 0 Å². The number of primary amides is 1. The van der Waals surface area contributed by atoms with Crippen molar-refractivity contribution in [1.82, 2.24) is 4.72 Å². The number of aryl methyl sites for hydroxylation is 1. The second kappa shape index (κ2) is 6.75. The standard InChI is InChI=1S/C13H19N3O5S/c1-8-4-5-9(6-11(8)16(2)3)22(20,21)15-10(13(18)19)7-12(14)17/h4-6,10,15H,7H2,1-3H3,(H2,14,17)(H,18,19)/t10-/m1/s1. The minimum atomic E-state index is -4.09. The molecule has 1 aromatic carbocycles. The van der Waals surface area contributed by atoms with E-state index in [0.717, 1.165) is 5.56 Å². The summed E-state index contributed by atoms with van der Waals surface area (Å²) >= 11 is 0. The number of nitrogens with zero attached hydrogens (tertiary/aromatic N) is 1. The Morgan fingerprint density at radius 1 is 1.36 bits per heavy atom. The van der Waals surface area contributed by atoms with E-state index in [1.165, 1.54) is 12.1 Å². The zero-order valence-electron chi connectivity index (χ0n) is 12.5. The molecule has 8 nitrogen and oxygen atoms in total. The number of aliphatic carboxylic acids is 1. The van der Waals surface area contributed by atoms with E-state index < -0.39 is 34.4 Å². The van der Waals surface area contributed by atoms with Crippen LogP contribution < -0.4 is 15.4 Å². The quantitative estimate of drug-likeness (QED) is 0.628. The van der Waals surface area contributed by atoms with Gasteiger partial charge in [-0.1, -0.05) is 6.07 Å². The predicted octanol–water partition coefficient (Wildman–Crippen LogP) is -0.332. The number of rotatable bonds is 7. The minimum absolute atomic E-state index is 0.0856. The molecule has 0 spiro atoms. The molecule has 22 heavy (non-hydrogen) atoms. The number of carboxylic acids is 1. The summed E-state index contributed by atoms with van der Waals surface area (Å²) < 4.78 is 26.5. The molecule has 0 heterocycles. The first-order chi connectivity index (χ1) is 10.0. The van der Waals surface area contributed by atoms with E-state index in [9.17, 15) is 18.0 Å². The van der Waals surface area contributed by atoms with Crippen LogP contribution in [0.3, 0.4) is 0 Å². The number of amides is 1. The number of hydrogen-bond donors (Lipinski definition) is 3. The number of nitrogens with one attached hydrogen (secondary N) is 1. The molecule has 1 aromatic rings. The van der Waals surface area contributed by atoms with Crippen LogP contribution in [0.25, 0.3) is 0 Å². The highest BCUT2D eigenvalue weighted by Crippen LogP contribution is 2.22. The first kappa shape index (κ1) is 17.9. The second-order valence-electron chi connectivity index (χ2n) is 5.03. The van der Waals surface area contributed by atoms with Crippen molar-refractivity contribution in [3.05, 3.63) is 23.8 Å². The Hall–Kier alpha value is -2.13. The predicted molar refractivity (Wildman–Crippen MR) is 81.1 cm³/mol. The number of nitrogens with two attached hydrogens (primary N) is 1. The van der Waals surface area contributed by atoms with Crippen LogP contribution in [-0.2, 0) is 19.6 Å². The summed E-state index contributed by atoms with van der Waals surface area (Å²) in [6.07, 6.45) is -0.624. The molecule has 1 rings (SSSR count). The summed E-state index contributed by atoms with van der Waals surface area (Å²) in [5, 5.41) is 8.98. The monoisotopic (exact) mass is 329 g/mol. The van der Waals surface area contributed by atoms with Crippen molar-refractivity contribution in [2.24, 2.45) is 5.73 Å². The molecule has 0 saturated heterocycles. The topological polar surface area (TPSA) is 130 Å². The van der Waals surface area contributed by atoms with E-state index in [2.05, 4.69) is 0 Å². The van der Waals surface area contributed by atoms with Crippen LogP contribution in [0.2, 0.25) is 0 Å². The minimum Gasteiger partial charge on any atom is -0.480 e. The van der Waals surface area contributed by atoms with Crippen LogP contribution in [0.1, 0.15) is 12.0 Å². The molecule has 0 aromatic heterocycles. The molecule has 0 unspecified atom stereocenters. The van der Waals surface area contributed by atoms with Crippen LogP contribution in [0.15, 0.2) is 23.1 Å². The lowest BCUT2D eigenvalue weighted by molar-refractivity contribution is -0.140. The highest BCUT2D eigenvalue weighted by atomic mass is 32.2. The lowest BCUT2D eigenvalue weighted by atomic mass is 10.2. The number of carbonyl (C=O) groups is 2. The van der Waals surface area contributed by atoms with Gasteiger partial charge in [-0.15, -0.1) is 0 Å². The van der Waals surface area contributed by atoms with Gasteiger partial charge in [0.25, 0.3) is 0 Å². The van der Waals surface area contributed by atoms with E-state index in [0.29, 0.717) is 5.69 Å². The number of anilines is 1. The van der Waals surface area contributed by atoms with Gasteiger partial charge in [-0.05, 0) is 24.6 Å².